The maximum Gasteiger partial charge on any atom is 0.251 e. The van der Waals surface area contributed by atoms with Crippen molar-refractivity contribution in [2.75, 3.05) is 0 Å². The number of amides is 1. The molecule has 0 atom stereocenters. The van der Waals surface area contributed by atoms with Crippen molar-refractivity contribution in [3.63, 3.8) is 0 Å². The van der Waals surface area contributed by atoms with E-state index in [0.717, 1.165) is 11.1 Å². The molecular weight excluding hydrogens is 342 g/mol. The average molecular weight is 355 g/mol. The Bertz CT molecular complexity index is 631. The zero-order valence-electron chi connectivity index (χ0n) is 10.6. The van der Waals surface area contributed by atoms with Gasteiger partial charge >= 0.3 is 0 Å². The fraction of sp³-hybridized carbons (Fsp3) is 0.133. The van der Waals surface area contributed by atoms with E-state index in [1.165, 1.54) is 6.07 Å². The Kier molecular flexibility index (Phi) is 5.04. The lowest BCUT2D eigenvalue weighted by atomic mass is 10.1. The lowest BCUT2D eigenvalue weighted by molar-refractivity contribution is 0.0950. The van der Waals surface area contributed by atoms with Crippen LogP contribution in [0.1, 0.15) is 21.5 Å². The van der Waals surface area contributed by atoms with Crippen molar-refractivity contribution in [3.05, 3.63) is 63.6 Å². The van der Waals surface area contributed by atoms with Gasteiger partial charge in [-0.25, -0.2) is 0 Å². The summed E-state index contributed by atoms with van der Waals surface area (Å²) in [4.78, 5) is 12.0. The summed E-state index contributed by atoms with van der Waals surface area (Å²) in [5.41, 5.74) is 2.41. The average Bonchev–Trinajstić information content (AvgIpc) is 2.47. The van der Waals surface area contributed by atoms with Gasteiger partial charge in [-0.05, 0) is 45.3 Å². The molecule has 1 amide bonds. The van der Waals surface area contributed by atoms with E-state index < -0.39 is 0 Å². The Morgan fingerprint density at radius 1 is 1.20 bits per heavy atom. The van der Waals surface area contributed by atoms with Crippen molar-refractivity contribution in [2.45, 2.75) is 12.4 Å². The predicted molar refractivity (Wildman–Crippen MR) is 83.0 cm³/mol. The highest BCUT2D eigenvalue weighted by Gasteiger charge is 2.08. The lowest BCUT2D eigenvalue weighted by Crippen LogP contribution is -2.22. The van der Waals surface area contributed by atoms with Gasteiger partial charge in [0.15, 0.2) is 0 Å². The smallest absolute Gasteiger partial charge is 0.251 e. The van der Waals surface area contributed by atoms with Crippen LogP contribution in [0.15, 0.2) is 46.9 Å². The Morgan fingerprint density at radius 2 is 1.95 bits per heavy atom. The SMILES string of the molecule is O=C(NCc1cccc(CCl)c1)c1ccc(Br)c(O)c1. The first-order valence-corrected chi connectivity index (χ1v) is 7.33. The van der Waals surface area contributed by atoms with Gasteiger partial charge in [0.05, 0.1) is 4.47 Å². The molecule has 0 bridgehead atoms. The first-order chi connectivity index (χ1) is 9.60. The minimum Gasteiger partial charge on any atom is -0.507 e. The van der Waals surface area contributed by atoms with Crippen LogP contribution in [0.2, 0.25) is 0 Å². The fourth-order valence-electron chi connectivity index (χ4n) is 1.76. The normalized spacial score (nSPS) is 10.3. The number of phenolic OH excluding ortho intramolecular Hbond substituents is 1. The molecule has 0 aliphatic carbocycles. The molecule has 0 saturated carbocycles. The molecule has 0 radical (unpaired) electrons. The van der Waals surface area contributed by atoms with Gasteiger partial charge in [0.2, 0.25) is 0 Å². The molecule has 3 nitrogen and oxygen atoms in total. The van der Waals surface area contributed by atoms with Crippen molar-refractivity contribution in [1.82, 2.24) is 5.32 Å². The number of alkyl halides is 1. The van der Waals surface area contributed by atoms with Gasteiger partial charge in [-0.1, -0.05) is 24.3 Å². The second-order valence-electron chi connectivity index (χ2n) is 4.30. The van der Waals surface area contributed by atoms with Gasteiger partial charge in [0, 0.05) is 18.0 Å². The van der Waals surface area contributed by atoms with Crippen LogP contribution in [0.25, 0.3) is 0 Å². The highest BCUT2D eigenvalue weighted by atomic mass is 79.9. The third kappa shape index (κ3) is 3.74. The maximum absolute atomic E-state index is 12.0. The summed E-state index contributed by atoms with van der Waals surface area (Å²) in [6.45, 7) is 0.417. The van der Waals surface area contributed by atoms with Crippen LogP contribution in [-0.4, -0.2) is 11.0 Å². The predicted octanol–water partition coefficient (Wildman–Crippen LogP) is 3.82. The Balaban J connectivity index is 2.02. The van der Waals surface area contributed by atoms with E-state index in [4.69, 9.17) is 11.6 Å². The zero-order chi connectivity index (χ0) is 14.5. The molecule has 2 rings (SSSR count). The number of carbonyl (C=O) groups excluding carboxylic acids is 1. The van der Waals surface area contributed by atoms with Crippen LogP contribution in [0, 0.1) is 0 Å². The molecular formula is C15H13BrClNO2. The Hall–Kier alpha value is -1.52. The summed E-state index contributed by atoms with van der Waals surface area (Å²) in [6, 6.07) is 12.4. The molecule has 5 heteroatoms. The van der Waals surface area contributed by atoms with E-state index >= 15 is 0 Å². The molecule has 0 aliphatic heterocycles. The quantitative estimate of drug-likeness (QED) is 0.820. The Morgan fingerprint density at radius 3 is 2.65 bits per heavy atom. The first-order valence-electron chi connectivity index (χ1n) is 6.00. The van der Waals surface area contributed by atoms with E-state index in [0.29, 0.717) is 22.5 Å². The monoisotopic (exact) mass is 353 g/mol. The third-order valence-corrected chi connectivity index (χ3v) is 3.79. The summed E-state index contributed by atoms with van der Waals surface area (Å²) < 4.78 is 0.559. The summed E-state index contributed by atoms with van der Waals surface area (Å²) in [7, 11) is 0. The summed E-state index contributed by atoms with van der Waals surface area (Å²) >= 11 is 8.95. The minimum atomic E-state index is -0.232. The van der Waals surface area contributed by atoms with Crippen LogP contribution >= 0.6 is 27.5 Å². The van der Waals surface area contributed by atoms with E-state index in [2.05, 4.69) is 21.2 Å². The van der Waals surface area contributed by atoms with Crippen LogP contribution in [0.4, 0.5) is 0 Å². The van der Waals surface area contributed by atoms with Gasteiger partial charge < -0.3 is 10.4 Å². The van der Waals surface area contributed by atoms with Gasteiger partial charge in [-0.2, -0.15) is 0 Å². The molecule has 0 aliphatic rings. The van der Waals surface area contributed by atoms with E-state index in [1.807, 2.05) is 24.3 Å². The van der Waals surface area contributed by atoms with Gasteiger partial charge in [-0.3, -0.25) is 4.79 Å². The van der Waals surface area contributed by atoms with Gasteiger partial charge in [0.25, 0.3) is 5.91 Å². The van der Waals surface area contributed by atoms with Crippen molar-refractivity contribution in [1.29, 1.82) is 0 Å². The summed E-state index contributed by atoms with van der Waals surface area (Å²) in [6.07, 6.45) is 0. The highest BCUT2D eigenvalue weighted by Crippen LogP contribution is 2.24. The molecule has 104 valence electrons. The molecule has 0 spiro atoms. The number of phenols is 1. The van der Waals surface area contributed by atoms with E-state index in [-0.39, 0.29) is 11.7 Å². The second kappa shape index (κ2) is 6.77. The zero-order valence-corrected chi connectivity index (χ0v) is 12.9. The molecule has 0 saturated heterocycles. The van der Waals surface area contributed by atoms with Crippen LogP contribution in [0.3, 0.4) is 0 Å². The topological polar surface area (TPSA) is 49.3 Å². The second-order valence-corrected chi connectivity index (χ2v) is 5.42. The molecule has 20 heavy (non-hydrogen) atoms. The molecule has 0 aromatic heterocycles. The van der Waals surface area contributed by atoms with E-state index in [9.17, 15) is 9.90 Å². The number of hydrogen-bond donors (Lipinski definition) is 2. The largest absolute Gasteiger partial charge is 0.507 e. The number of carbonyl (C=O) groups is 1. The maximum atomic E-state index is 12.0. The minimum absolute atomic E-state index is 0.0433. The van der Waals surface area contributed by atoms with Crippen molar-refractivity contribution < 1.29 is 9.90 Å². The summed E-state index contributed by atoms with van der Waals surface area (Å²) in [5, 5.41) is 12.4. The van der Waals surface area contributed by atoms with Crippen molar-refractivity contribution >= 4 is 33.4 Å². The van der Waals surface area contributed by atoms with E-state index in [1.54, 1.807) is 12.1 Å². The number of aromatic hydroxyl groups is 1. The number of hydrogen-bond acceptors (Lipinski definition) is 2. The molecule has 2 aromatic carbocycles. The number of halogens is 2. The summed E-state index contributed by atoms with van der Waals surface area (Å²) in [5.74, 6) is 0.258. The van der Waals surface area contributed by atoms with Crippen molar-refractivity contribution in [2.24, 2.45) is 0 Å². The van der Waals surface area contributed by atoms with Gasteiger partial charge in [-0.15, -0.1) is 11.6 Å². The molecule has 2 N–H and O–H groups in total. The number of rotatable bonds is 4. The van der Waals surface area contributed by atoms with Crippen LogP contribution in [-0.2, 0) is 12.4 Å². The molecule has 0 unspecified atom stereocenters. The fourth-order valence-corrected chi connectivity index (χ4v) is 2.17. The molecule has 0 heterocycles. The third-order valence-electron chi connectivity index (χ3n) is 2.81. The van der Waals surface area contributed by atoms with Gasteiger partial charge in [0.1, 0.15) is 5.75 Å². The Labute approximate surface area is 130 Å². The number of nitrogens with one attached hydrogen (secondary N) is 1. The van der Waals surface area contributed by atoms with Crippen molar-refractivity contribution in [3.8, 4) is 5.75 Å². The lowest BCUT2D eigenvalue weighted by Gasteiger charge is -2.07. The number of benzene rings is 2. The highest BCUT2D eigenvalue weighted by molar-refractivity contribution is 9.10. The van der Waals surface area contributed by atoms with Crippen LogP contribution in [0.5, 0.6) is 5.75 Å². The standard InChI is InChI=1S/C15H13BrClNO2/c16-13-5-4-12(7-14(13)19)15(20)18-9-11-3-1-2-10(6-11)8-17/h1-7,19H,8-9H2,(H,18,20). The molecule has 2 aromatic rings. The van der Waals surface area contributed by atoms with Crippen LogP contribution < -0.4 is 5.32 Å². The first kappa shape index (κ1) is 14.9. The molecule has 0 fully saturated rings.